The number of hydrogen-bond acceptors (Lipinski definition) is 9. The molecule has 0 aliphatic carbocycles. The maximum absolute atomic E-state index is 11.1. The minimum absolute atomic E-state index is 0. The van der Waals surface area contributed by atoms with Gasteiger partial charge in [-0.15, -0.1) is 0 Å². The summed E-state index contributed by atoms with van der Waals surface area (Å²) in [6.45, 7) is 1.02. The number of rotatable bonds is 4. The second-order valence-corrected chi connectivity index (χ2v) is 6.24. The first kappa shape index (κ1) is 23.9. The van der Waals surface area contributed by atoms with Crippen molar-refractivity contribution in [3.63, 3.8) is 0 Å². The average Bonchev–Trinajstić information content (AvgIpc) is 2.68. The molecule has 2 aromatic rings. The van der Waals surface area contributed by atoms with Gasteiger partial charge in [-0.3, -0.25) is 8.77 Å². The molecule has 24 heavy (non-hydrogen) atoms. The van der Waals surface area contributed by atoms with Crippen molar-refractivity contribution in [1.29, 1.82) is 0 Å². The predicted molar refractivity (Wildman–Crippen MR) is 68.7 cm³/mol. The van der Waals surface area contributed by atoms with Crippen molar-refractivity contribution in [2.75, 3.05) is 0 Å². The summed E-state index contributed by atoms with van der Waals surface area (Å²) in [5, 5.41) is 0.145. The van der Waals surface area contributed by atoms with Gasteiger partial charge in [-0.25, -0.2) is 16.8 Å². The Bertz CT molecular complexity index is 966. The molecule has 0 saturated heterocycles. The molecule has 0 radical (unpaired) electrons. The van der Waals surface area contributed by atoms with Gasteiger partial charge in [-0.2, -0.15) is 0 Å². The van der Waals surface area contributed by atoms with Crippen molar-refractivity contribution in [1.82, 2.24) is 3.97 Å². The van der Waals surface area contributed by atoms with E-state index in [1.165, 1.54) is 6.07 Å². The number of nitrogens with zero attached hydrogens (tertiary/aromatic N) is 1. The fourth-order valence-corrected chi connectivity index (χ4v) is 2.68. The van der Waals surface area contributed by atoms with Crippen LogP contribution in [0.15, 0.2) is 24.4 Å². The molecule has 0 saturated carbocycles. The fourth-order valence-electron chi connectivity index (χ4n) is 1.72. The number of fused-ring (bicyclic) bond motifs is 1. The molecule has 0 amide bonds. The van der Waals surface area contributed by atoms with E-state index in [2.05, 4.69) is 4.18 Å². The van der Waals surface area contributed by atoms with Crippen LogP contribution in [-0.2, 0) is 25.5 Å². The summed E-state index contributed by atoms with van der Waals surface area (Å²) in [6.07, 6.45) is 0.917. The van der Waals surface area contributed by atoms with Crippen molar-refractivity contribution in [3.8, 4) is 11.5 Å². The first-order valence-corrected chi connectivity index (χ1v) is 8.12. The number of carbonyl (C=O) groups excluding carboxylic acids is 1. The van der Waals surface area contributed by atoms with Gasteiger partial charge in [-0.1, -0.05) is 0 Å². The average molecular weight is 395 g/mol. The van der Waals surface area contributed by atoms with Crippen LogP contribution < -0.4 is 68.0 Å². The monoisotopic (exact) mass is 395 g/mol. The number of hydrogen-bond donors (Lipinski definition) is 0. The molecule has 0 unspecified atom stereocenters. The second kappa shape index (κ2) is 8.49. The Hall–Kier alpha value is -0.150. The van der Waals surface area contributed by atoms with E-state index >= 15 is 0 Å². The summed E-state index contributed by atoms with van der Waals surface area (Å²) < 4.78 is 74.4. The Morgan fingerprint density at radius 1 is 1.08 bits per heavy atom. The number of ether oxygens (including phenoxy) is 1. The molecule has 0 N–H and O–H groups in total. The quantitative estimate of drug-likeness (QED) is 0.162. The Labute approximate surface area is 181 Å². The zero-order valence-corrected chi connectivity index (χ0v) is 18.4. The van der Waals surface area contributed by atoms with Gasteiger partial charge in [0.1, 0.15) is 0 Å². The molecule has 1 aromatic carbocycles. The summed E-state index contributed by atoms with van der Waals surface area (Å²) in [6, 6.07) is 3.06. The Morgan fingerprint density at radius 3 is 2.12 bits per heavy atom. The van der Waals surface area contributed by atoms with E-state index in [0.29, 0.717) is 3.97 Å². The summed E-state index contributed by atoms with van der Waals surface area (Å²) in [5.74, 6) is -1.97. The second-order valence-electron chi connectivity index (χ2n) is 4.01. The molecular formula is C10H7NNa2O9S2. The van der Waals surface area contributed by atoms with Crippen LogP contribution in [0.2, 0.25) is 0 Å². The van der Waals surface area contributed by atoms with E-state index < -0.39 is 38.2 Å². The van der Waals surface area contributed by atoms with Gasteiger partial charge >= 0.3 is 65.1 Å². The number of benzene rings is 1. The van der Waals surface area contributed by atoms with E-state index in [1.807, 2.05) is 0 Å². The fraction of sp³-hybridized carbons (Fsp3) is 0.100. The third kappa shape index (κ3) is 5.98. The zero-order valence-electron chi connectivity index (χ0n) is 12.7. The van der Waals surface area contributed by atoms with E-state index in [1.54, 1.807) is 0 Å². The topological polar surface area (TPSA) is 155 Å². The van der Waals surface area contributed by atoms with Crippen molar-refractivity contribution < 1.29 is 98.8 Å². The van der Waals surface area contributed by atoms with Crippen LogP contribution in [0.5, 0.6) is 11.5 Å². The van der Waals surface area contributed by atoms with Crippen LogP contribution in [-0.4, -0.2) is 35.9 Å². The van der Waals surface area contributed by atoms with E-state index in [4.69, 9.17) is 4.74 Å². The molecule has 2 rings (SSSR count). The van der Waals surface area contributed by atoms with E-state index in [9.17, 15) is 30.7 Å². The number of aromatic nitrogens is 1. The minimum atomic E-state index is -5.21. The molecule has 0 aliphatic rings. The van der Waals surface area contributed by atoms with Gasteiger partial charge in [0.15, 0.2) is 21.8 Å². The molecular weight excluding hydrogens is 388 g/mol. The molecule has 10 nitrogen and oxygen atoms in total. The van der Waals surface area contributed by atoms with E-state index in [-0.39, 0.29) is 70.0 Å². The third-order valence-corrected chi connectivity index (χ3v) is 3.59. The summed E-state index contributed by atoms with van der Waals surface area (Å²) in [4.78, 5) is 11.0. The molecule has 0 atom stereocenters. The summed E-state index contributed by atoms with van der Waals surface area (Å²) in [5.41, 5.74) is -0.246. The van der Waals surface area contributed by atoms with Crippen molar-refractivity contribution in [3.05, 3.63) is 24.4 Å². The predicted octanol–water partition coefficient (Wildman–Crippen LogP) is -6.28. The molecule has 14 heteroatoms. The van der Waals surface area contributed by atoms with Gasteiger partial charge in [0, 0.05) is 24.6 Å². The van der Waals surface area contributed by atoms with Crippen LogP contribution in [0.3, 0.4) is 0 Å². The molecule has 0 bridgehead atoms. The number of carbonyl (C=O) groups is 1. The van der Waals surface area contributed by atoms with Crippen molar-refractivity contribution in [2.45, 2.75) is 6.92 Å². The van der Waals surface area contributed by atoms with Gasteiger partial charge in [-0.05, 0) is 12.1 Å². The van der Waals surface area contributed by atoms with Crippen molar-refractivity contribution in [2.24, 2.45) is 0 Å². The first-order chi connectivity index (χ1) is 9.97. The van der Waals surface area contributed by atoms with Gasteiger partial charge < -0.3 is 18.0 Å². The molecule has 0 fully saturated rings. The van der Waals surface area contributed by atoms with Crippen LogP contribution in [0.25, 0.3) is 10.9 Å². The smallest absolute Gasteiger partial charge is 0.731 e. The van der Waals surface area contributed by atoms with Gasteiger partial charge in [0.2, 0.25) is 0 Å². The normalized spacial score (nSPS) is 11.3. The molecule has 1 heterocycles. The Morgan fingerprint density at radius 2 is 1.67 bits per heavy atom. The largest absolute Gasteiger partial charge is 1.00 e. The number of esters is 1. The Kier molecular flexibility index (Phi) is 8.44. The van der Waals surface area contributed by atoms with Crippen LogP contribution >= 0.6 is 0 Å². The molecule has 1 aromatic heterocycles. The van der Waals surface area contributed by atoms with Gasteiger partial charge in [0.25, 0.3) is 10.4 Å². The van der Waals surface area contributed by atoms with Crippen LogP contribution in [0.1, 0.15) is 6.92 Å². The maximum Gasteiger partial charge on any atom is 1.00 e. The maximum atomic E-state index is 11.1. The minimum Gasteiger partial charge on any atom is -0.731 e. The summed E-state index contributed by atoms with van der Waals surface area (Å²) >= 11 is 0. The van der Waals surface area contributed by atoms with Crippen molar-refractivity contribution >= 4 is 37.6 Å². The standard InChI is InChI=1S/C10H9NO9S2.2Na/c1-6(12)19-9-4-7-2-3-11(21(13,14)15)8(7)5-10(9)20-22(16,17)18;;/h2-5H,1H3,(H,13,14,15)(H,16,17,18);;/q;2*+1/p-2. The first-order valence-electron chi connectivity index (χ1n) is 5.42. The Balaban J connectivity index is 0.00000264. The third-order valence-electron chi connectivity index (χ3n) is 2.41. The van der Waals surface area contributed by atoms with Gasteiger partial charge in [0.05, 0.1) is 5.52 Å². The molecule has 0 aliphatic heterocycles. The van der Waals surface area contributed by atoms with Crippen LogP contribution in [0.4, 0.5) is 0 Å². The SMILES string of the molecule is CC(=O)Oc1cc2ccn(S(=O)(=O)[O-])c2cc1OS(=O)(=O)[O-].[Na+].[Na+]. The van der Waals surface area contributed by atoms with Crippen LogP contribution in [0, 0.1) is 0 Å². The zero-order chi connectivity index (χ0) is 16.7. The molecule has 0 spiro atoms. The van der Waals surface area contributed by atoms with E-state index in [0.717, 1.165) is 25.3 Å². The summed E-state index contributed by atoms with van der Waals surface area (Å²) in [7, 11) is -10.1. The molecule has 120 valence electrons.